The minimum Gasteiger partial charge on any atom is -0.493 e. The third-order valence-corrected chi connectivity index (χ3v) is 4.10. The Balaban J connectivity index is 1.97. The first-order valence-corrected chi connectivity index (χ1v) is 6.61. The normalized spacial score (nSPS) is 19.2. The molecule has 19 heavy (non-hydrogen) atoms. The lowest BCUT2D eigenvalue weighted by Gasteiger charge is -2.21. The van der Waals surface area contributed by atoms with Gasteiger partial charge in [-0.2, -0.15) is 5.10 Å². The van der Waals surface area contributed by atoms with Crippen LogP contribution >= 0.6 is 0 Å². The third kappa shape index (κ3) is 1.92. The van der Waals surface area contributed by atoms with E-state index in [1.54, 1.807) is 13.3 Å². The van der Waals surface area contributed by atoms with Crippen LogP contribution in [-0.4, -0.2) is 16.9 Å². The number of benzene rings is 1. The first-order chi connectivity index (χ1) is 9.22. The summed E-state index contributed by atoms with van der Waals surface area (Å²) in [4.78, 5) is 0. The minimum absolute atomic E-state index is 0.0777. The maximum atomic E-state index is 6.50. The second-order valence-corrected chi connectivity index (χ2v) is 5.09. The molecule has 4 nitrogen and oxygen atoms in total. The van der Waals surface area contributed by atoms with Gasteiger partial charge < -0.3 is 10.5 Å². The summed E-state index contributed by atoms with van der Waals surface area (Å²) in [6.45, 7) is 0. The summed E-state index contributed by atoms with van der Waals surface area (Å²) >= 11 is 0. The lowest BCUT2D eigenvalue weighted by molar-refractivity contribution is 0.395. The van der Waals surface area contributed by atoms with E-state index in [4.69, 9.17) is 10.5 Å². The van der Waals surface area contributed by atoms with E-state index in [1.807, 2.05) is 11.7 Å². The van der Waals surface area contributed by atoms with Gasteiger partial charge in [0.05, 0.1) is 25.0 Å². The summed E-state index contributed by atoms with van der Waals surface area (Å²) in [7, 11) is 3.58. The molecule has 1 aliphatic rings. The molecule has 0 amide bonds. The highest BCUT2D eigenvalue weighted by Crippen LogP contribution is 2.42. The smallest absolute Gasteiger partial charge is 0.161 e. The second-order valence-electron chi connectivity index (χ2n) is 5.09. The van der Waals surface area contributed by atoms with Gasteiger partial charge in [-0.25, -0.2) is 0 Å². The number of aryl methyl sites for hydroxylation is 2. The zero-order chi connectivity index (χ0) is 13.4. The number of fused-ring (bicyclic) bond motifs is 1. The zero-order valence-electron chi connectivity index (χ0n) is 11.3. The van der Waals surface area contributed by atoms with Crippen molar-refractivity contribution in [3.63, 3.8) is 0 Å². The molecule has 0 aliphatic heterocycles. The molecule has 4 heteroatoms. The fraction of sp³-hybridized carbons (Fsp3) is 0.400. The molecule has 1 aromatic carbocycles. The minimum atomic E-state index is -0.0777. The van der Waals surface area contributed by atoms with Crippen LogP contribution in [0, 0.1) is 0 Å². The number of aromatic nitrogens is 2. The molecule has 0 saturated carbocycles. The van der Waals surface area contributed by atoms with Gasteiger partial charge >= 0.3 is 0 Å². The van der Waals surface area contributed by atoms with E-state index < -0.39 is 0 Å². The SMILES string of the molecule is COc1cnn(C)c1C(N)C1CCc2ccccc21. The van der Waals surface area contributed by atoms with Gasteiger partial charge in [0.25, 0.3) is 0 Å². The van der Waals surface area contributed by atoms with Crippen molar-refractivity contribution in [2.45, 2.75) is 24.8 Å². The number of hydrogen-bond acceptors (Lipinski definition) is 3. The topological polar surface area (TPSA) is 53.1 Å². The molecule has 0 radical (unpaired) electrons. The van der Waals surface area contributed by atoms with Gasteiger partial charge in [-0.05, 0) is 24.0 Å². The Kier molecular flexibility index (Phi) is 3.03. The van der Waals surface area contributed by atoms with Gasteiger partial charge in [-0.3, -0.25) is 4.68 Å². The summed E-state index contributed by atoms with van der Waals surface area (Å²) in [5.41, 5.74) is 10.3. The fourth-order valence-electron chi connectivity index (χ4n) is 3.12. The molecule has 2 unspecified atom stereocenters. The molecule has 100 valence electrons. The van der Waals surface area contributed by atoms with Crippen LogP contribution in [0.15, 0.2) is 30.5 Å². The standard InChI is InChI=1S/C15H19N3O/c1-18-15(13(19-2)9-17-18)14(16)12-8-7-10-5-3-4-6-11(10)12/h3-6,9,12,14H,7-8,16H2,1-2H3. The third-order valence-electron chi connectivity index (χ3n) is 4.10. The van der Waals surface area contributed by atoms with Crippen molar-refractivity contribution in [2.24, 2.45) is 12.8 Å². The van der Waals surface area contributed by atoms with Gasteiger partial charge in [0.1, 0.15) is 0 Å². The maximum absolute atomic E-state index is 6.50. The van der Waals surface area contributed by atoms with Crippen molar-refractivity contribution >= 4 is 0 Å². The van der Waals surface area contributed by atoms with Gasteiger partial charge in [-0.15, -0.1) is 0 Å². The quantitative estimate of drug-likeness (QED) is 0.916. The summed E-state index contributed by atoms with van der Waals surface area (Å²) < 4.78 is 7.20. The van der Waals surface area contributed by atoms with Crippen LogP contribution in [0.2, 0.25) is 0 Å². The molecule has 2 N–H and O–H groups in total. The molecule has 0 spiro atoms. The van der Waals surface area contributed by atoms with Crippen LogP contribution in [0.3, 0.4) is 0 Å². The first-order valence-electron chi connectivity index (χ1n) is 6.61. The summed E-state index contributed by atoms with van der Waals surface area (Å²) in [5, 5.41) is 4.25. The lowest BCUT2D eigenvalue weighted by Crippen LogP contribution is -2.21. The summed E-state index contributed by atoms with van der Waals surface area (Å²) in [6.07, 6.45) is 3.93. The molecule has 0 bridgehead atoms. The van der Waals surface area contributed by atoms with Crippen molar-refractivity contribution in [3.05, 3.63) is 47.3 Å². The maximum Gasteiger partial charge on any atom is 0.161 e. The largest absolute Gasteiger partial charge is 0.493 e. The molecule has 0 fully saturated rings. The Morgan fingerprint density at radius 2 is 2.21 bits per heavy atom. The number of methoxy groups -OCH3 is 1. The zero-order valence-corrected chi connectivity index (χ0v) is 11.3. The Morgan fingerprint density at radius 1 is 1.42 bits per heavy atom. The summed E-state index contributed by atoms with van der Waals surface area (Å²) in [6, 6.07) is 8.49. The van der Waals surface area contributed by atoms with E-state index in [0.29, 0.717) is 5.92 Å². The van der Waals surface area contributed by atoms with Crippen molar-refractivity contribution in [1.82, 2.24) is 9.78 Å². The van der Waals surface area contributed by atoms with Crippen LogP contribution < -0.4 is 10.5 Å². The van der Waals surface area contributed by atoms with Crippen LogP contribution in [0.4, 0.5) is 0 Å². The predicted octanol–water partition coefficient (Wildman–Crippen LogP) is 2.16. The second kappa shape index (κ2) is 4.70. The van der Waals surface area contributed by atoms with E-state index in [1.165, 1.54) is 11.1 Å². The average Bonchev–Trinajstić information content (AvgIpc) is 3.01. The summed E-state index contributed by atoms with van der Waals surface area (Å²) in [5.74, 6) is 1.12. The first kappa shape index (κ1) is 12.2. The molecule has 1 aliphatic carbocycles. The lowest BCUT2D eigenvalue weighted by atomic mass is 9.91. The highest BCUT2D eigenvalue weighted by molar-refractivity contribution is 5.39. The van der Waals surface area contributed by atoms with E-state index >= 15 is 0 Å². The van der Waals surface area contributed by atoms with Gasteiger partial charge in [0, 0.05) is 13.0 Å². The highest BCUT2D eigenvalue weighted by atomic mass is 16.5. The Bertz CT molecular complexity index is 591. The van der Waals surface area contributed by atoms with Crippen molar-refractivity contribution in [3.8, 4) is 5.75 Å². The molecule has 1 aromatic heterocycles. The van der Waals surface area contributed by atoms with E-state index in [2.05, 4.69) is 29.4 Å². The van der Waals surface area contributed by atoms with E-state index in [0.717, 1.165) is 24.3 Å². The number of ether oxygens (including phenoxy) is 1. The van der Waals surface area contributed by atoms with E-state index in [-0.39, 0.29) is 6.04 Å². The van der Waals surface area contributed by atoms with Crippen LogP contribution in [-0.2, 0) is 13.5 Å². The van der Waals surface area contributed by atoms with E-state index in [9.17, 15) is 0 Å². The van der Waals surface area contributed by atoms with Gasteiger partial charge in [0.15, 0.2) is 5.75 Å². The van der Waals surface area contributed by atoms with Crippen LogP contribution in [0.5, 0.6) is 5.75 Å². The number of nitrogens with zero attached hydrogens (tertiary/aromatic N) is 2. The molecular weight excluding hydrogens is 238 g/mol. The Morgan fingerprint density at radius 3 is 3.00 bits per heavy atom. The highest BCUT2D eigenvalue weighted by Gasteiger charge is 2.31. The molecule has 0 saturated heterocycles. The molecule has 2 atom stereocenters. The fourth-order valence-corrected chi connectivity index (χ4v) is 3.12. The predicted molar refractivity (Wildman–Crippen MR) is 74.2 cm³/mol. The van der Waals surface area contributed by atoms with Gasteiger partial charge in [-0.1, -0.05) is 24.3 Å². The molecular formula is C15H19N3O. The van der Waals surface area contributed by atoms with Crippen LogP contribution in [0.25, 0.3) is 0 Å². The van der Waals surface area contributed by atoms with Crippen molar-refractivity contribution in [1.29, 1.82) is 0 Å². The number of nitrogens with two attached hydrogens (primary N) is 1. The molecule has 2 aromatic rings. The molecule has 1 heterocycles. The van der Waals surface area contributed by atoms with Crippen molar-refractivity contribution in [2.75, 3.05) is 7.11 Å². The monoisotopic (exact) mass is 257 g/mol. The van der Waals surface area contributed by atoms with Crippen LogP contribution in [0.1, 0.15) is 35.2 Å². The molecule has 3 rings (SSSR count). The average molecular weight is 257 g/mol. The number of rotatable bonds is 3. The Labute approximate surface area is 113 Å². The van der Waals surface area contributed by atoms with Gasteiger partial charge in [0.2, 0.25) is 0 Å². The Hall–Kier alpha value is -1.81. The number of hydrogen-bond donors (Lipinski definition) is 1. The van der Waals surface area contributed by atoms with Crippen molar-refractivity contribution < 1.29 is 4.74 Å².